The summed E-state index contributed by atoms with van der Waals surface area (Å²) >= 11 is 0. The second-order valence-corrected chi connectivity index (χ2v) is 11.7. The first-order valence-corrected chi connectivity index (χ1v) is 15.0. The van der Waals surface area contributed by atoms with Crippen LogP contribution in [0.15, 0.2) is 140 Å². The average Bonchev–Trinajstić information content (AvgIpc) is 3.74. The molecule has 0 radical (unpaired) electrons. The molecule has 6 heteroatoms. The number of rotatable bonds is 0. The lowest BCUT2D eigenvalue weighted by Gasteiger charge is -2.49. The Morgan fingerprint density at radius 1 is 0.500 bits per heavy atom. The lowest BCUT2D eigenvalue weighted by molar-refractivity contribution is 0.469. The minimum absolute atomic E-state index is 0.633. The second-order valence-electron chi connectivity index (χ2n) is 11.7. The molecule has 44 heavy (non-hydrogen) atoms. The van der Waals surface area contributed by atoms with Gasteiger partial charge in [-0.05, 0) is 47.5 Å². The summed E-state index contributed by atoms with van der Waals surface area (Å²) in [5.74, 6) is 1.49. The van der Waals surface area contributed by atoms with Gasteiger partial charge in [0.05, 0.1) is 54.2 Å². The van der Waals surface area contributed by atoms with Crippen LogP contribution >= 0.6 is 0 Å². The van der Waals surface area contributed by atoms with Crippen LogP contribution in [-0.2, 0) is 5.66 Å². The van der Waals surface area contributed by atoms with E-state index in [1.54, 1.807) is 6.20 Å². The van der Waals surface area contributed by atoms with Crippen molar-refractivity contribution in [3.05, 3.63) is 151 Å². The monoisotopic (exact) mass is 569 g/mol. The number of para-hydroxylation sites is 4. The predicted molar refractivity (Wildman–Crippen MR) is 175 cm³/mol. The zero-order valence-electron chi connectivity index (χ0n) is 23.8. The number of aromatic nitrogens is 1. The van der Waals surface area contributed by atoms with Crippen molar-refractivity contribution < 1.29 is 4.74 Å². The molecule has 3 aliphatic heterocycles. The summed E-state index contributed by atoms with van der Waals surface area (Å²) in [6, 6.07) is 45.9. The maximum absolute atomic E-state index is 6.44. The van der Waals surface area contributed by atoms with Gasteiger partial charge in [0, 0.05) is 28.9 Å². The van der Waals surface area contributed by atoms with E-state index < -0.39 is 5.66 Å². The average molecular weight is 570 g/mol. The van der Waals surface area contributed by atoms with Crippen molar-refractivity contribution in [2.75, 3.05) is 32.9 Å². The van der Waals surface area contributed by atoms with Gasteiger partial charge in [0.25, 0.3) is 0 Å². The Morgan fingerprint density at radius 3 is 1.70 bits per heavy atom. The molecule has 1 aliphatic carbocycles. The molecule has 6 aromatic rings. The maximum Gasteiger partial charge on any atom is 0.170 e. The van der Waals surface area contributed by atoms with Crippen LogP contribution in [0.4, 0.5) is 34.1 Å². The van der Waals surface area contributed by atoms with Crippen LogP contribution in [0.2, 0.25) is 0 Å². The van der Waals surface area contributed by atoms with E-state index in [1.807, 2.05) is 12.3 Å². The van der Waals surface area contributed by atoms with Gasteiger partial charge in [-0.15, -0.1) is 0 Å². The number of anilines is 6. The van der Waals surface area contributed by atoms with Crippen molar-refractivity contribution in [1.29, 1.82) is 0 Å². The van der Waals surface area contributed by atoms with E-state index >= 15 is 0 Å². The molecule has 210 valence electrons. The Bertz CT molecular complexity index is 1970. The maximum atomic E-state index is 6.44. The molecule has 0 amide bonds. The van der Waals surface area contributed by atoms with E-state index in [2.05, 4.69) is 146 Å². The molecule has 6 nitrogen and oxygen atoms in total. The third-order valence-corrected chi connectivity index (χ3v) is 9.54. The van der Waals surface area contributed by atoms with Crippen molar-refractivity contribution in [2.24, 2.45) is 0 Å². The smallest absolute Gasteiger partial charge is 0.170 e. The first-order chi connectivity index (χ1) is 21.8. The van der Waals surface area contributed by atoms with E-state index in [4.69, 9.17) is 4.74 Å². The van der Waals surface area contributed by atoms with Crippen molar-refractivity contribution >= 4 is 34.1 Å². The fourth-order valence-corrected chi connectivity index (χ4v) is 7.80. The normalized spacial score (nSPS) is 16.2. The van der Waals surface area contributed by atoms with E-state index in [9.17, 15) is 0 Å². The van der Waals surface area contributed by atoms with E-state index in [1.165, 1.54) is 39.3 Å². The molecule has 4 aliphatic rings. The molecule has 5 aromatic carbocycles. The summed E-state index contributed by atoms with van der Waals surface area (Å²) in [6.45, 7) is 1.30. The molecule has 0 atom stereocenters. The standard InChI is InChI=1S/C38H27N5O/c1-3-14-32-30(12-1)31-13-2-4-15-33(31)38(32)42-24-40(34-16-5-7-18-36(34)42)26-10-9-11-28(20-26)44-29-21-27(22-39-23-29)41-25-43(38)37-19-8-6-17-35(37)41/h1-23H,24-25H2. The van der Waals surface area contributed by atoms with Crippen LogP contribution in [0, 0.1) is 0 Å². The number of pyridine rings is 1. The van der Waals surface area contributed by atoms with E-state index in [0.717, 1.165) is 22.8 Å². The highest BCUT2D eigenvalue weighted by atomic mass is 16.5. The van der Waals surface area contributed by atoms with Gasteiger partial charge >= 0.3 is 0 Å². The molecule has 10 rings (SSSR count). The third kappa shape index (κ3) is 3.01. The molecule has 0 N–H and O–H groups in total. The van der Waals surface area contributed by atoms with E-state index in [0.29, 0.717) is 19.1 Å². The fourth-order valence-electron chi connectivity index (χ4n) is 7.80. The van der Waals surface area contributed by atoms with Crippen molar-refractivity contribution in [1.82, 2.24) is 4.98 Å². The van der Waals surface area contributed by atoms with Crippen molar-refractivity contribution in [3.63, 3.8) is 0 Å². The molecular weight excluding hydrogens is 542 g/mol. The van der Waals surface area contributed by atoms with Gasteiger partial charge in [-0.3, -0.25) is 4.98 Å². The van der Waals surface area contributed by atoms with Crippen molar-refractivity contribution in [3.8, 4) is 22.6 Å². The molecule has 0 saturated carbocycles. The Morgan fingerprint density at radius 2 is 1.05 bits per heavy atom. The van der Waals surface area contributed by atoms with Crippen LogP contribution in [0.25, 0.3) is 11.1 Å². The second kappa shape index (κ2) is 8.64. The Kier molecular flexibility index (Phi) is 4.67. The van der Waals surface area contributed by atoms with Gasteiger partial charge in [0.1, 0.15) is 11.5 Å². The molecule has 0 fully saturated rings. The van der Waals surface area contributed by atoms with Crippen LogP contribution in [0.1, 0.15) is 11.1 Å². The molecule has 1 spiro atoms. The largest absolute Gasteiger partial charge is 0.456 e. The fraction of sp³-hybridized carbons (Fsp3) is 0.0789. The van der Waals surface area contributed by atoms with Crippen LogP contribution < -0.4 is 24.3 Å². The highest BCUT2D eigenvalue weighted by Crippen LogP contribution is 2.60. The molecule has 0 saturated heterocycles. The van der Waals surface area contributed by atoms with Crippen LogP contribution in [0.3, 0.4) is 0 Å². The number of ether oxygens (including phenoxy) is 1. The van der Waals surface area contributed by atoms with Gasteiger partial charge in [-0.25, -0.2) is 0 Å². The lowest BCUT2D eigenvalue weighted by atomic mass is 9.92. The van der Waals surface area contributed by atoms with Crippen LogP contribution in [-0.4, -0.2) is 18.3 Å². The minimum Gasteiger partial charge on any atom is -0.456 e. The van der Waals surface area contributed by atoms with E-state index in [-0.39, 0.29) is 0 Å². The summed E-state index contributed by atoms with van der Waals surface area (Å²) in [5.41, 5.74) is 11.2. The van der Waals surface area contributed by atoms with Gasteiger partial charge in [-0.1, -0.05) is 78.9 Å². The number of fused-ring (bicyclic) bond motifs is 23. The van der Waals surface area contributed by atoms with Gasteiger partial charge in [0.2, 0.25) is 0 Å². The van der Waals surface area contributed by atoms with Gasteiger partial charge in [-0.2, -0.15) is 0 Å². The molecule has 1 aromatic heterocycles. The Balaban J connectivity index is 1.34. The minimum atomic E-state index is -0.633. The van der Waals surface area contributed by atoms with Gasteiger partial charge in [0.15, 0.2) is 5.66 Å². The summed E-state index contributed by atoms with van der Waals surface area (Å²) in [6.07, 6.45) is 3.73. The SMILES string of the molecule is c1cc2cc(c1)N1CN(c3ccccc31)C1(c3ccccc3-c3ccccc31)N1CN(c3cncc(c3)O2)c2ccccc21. The third-order valence-electron chi connectivity index (χ3n) is 9.54. The Hall–Kier alpha value is -5.75. The number of benzene rings is 5. The number of nitrogens with zero attached hydrogens (tertiary/aromatic N) is 5. The topological polar surface area (TPSA) is 35.1 Å². The molecule has 8 bridgehead atoms. The first-order valence-electron chi connectivity index (χ1n) is 15.0. The van der Waals surface area contributed by atoms with Crippen molar-refractivity contribution in [2.45, 2.75) is 5.66 Å². The quantitative estimate of drug-likeness (QED) is 0.182. The summed E-state index contributed by atoms with van der Waals surface area (Å²) in [4.78, 5) is 14.6. The first kappa shape index (κ1) is 23.8. The summed E-state index contributed by atoms with van der Waals surface area (Å²) in [7, 11) is 0. The zero-order chi connectivity index (χ0) is 28.8. The zero-order valence-corrected chi connectivity index (χ0v) is 23.8. The molecule has 0 unspecified atom stereocenters. The van der Waals surface area contributed by atoms with Gasteiger partial charge < -0.3 is 24.3 Å². The lowest BCUT2D eigenvalue weighted by Crippen LogP contribution is -2.59. The summed E-state index contributed by atoms with van der Waals surface area (Å²) in [5, 5.41) is 0. The predicted octanol–water partition coefficient (Wildman–Crippen LogP) is 8.60. The summed E-state index contributed by atoms with van der Waals surface area (Å²) < 4.78 is 6.44. The molecule has 4 heterocycles. The number of hydrogen-bond donors (Lipinski definition) is 0. The number of hydrogen-bond acceptors (Lipinski definition) is 6. The molecular formula is C38H27N5O. The highest BCUT2D eigenvalue weighted by molar-refractivity contribution is 5.94. The Labute approximate surface area is 255 Å². The highest BCUT2D eigenvalue weighted by Gasteiger charge is 2.57. The van der Waals surface area contributed by atoms with Crippen LogP contribution in [0.5, 0.6) is 11.5 Å².